The fourth-order valence-corrected chi connectivity index (χ4v) is 5.50. The molecule has 0 spiro atoms. The Morgan fingerprint density at radius 1 is 1.10 bits per heavy atom. The van der Waals surface area contributed by atoms with Gasteiger partial charge in [-0.15, -0.1) is 0 Å². The van der Waals surface area contributed by atoms with E-state index < -0.39 is 17.8 Å². The molecule has 196 valence electrons. The molecular formula is C27H23N7O5. The zero-order chi connectivity index (χ0) is 26.7. The first kappa shape index (κ1) is 23.3. The predicted octanol–water partition coefficient (Wildman–Crippen LogP) is 1.24. The number of nitrogens with one attached hydrogen (secondary N) is 1. The van der Waals surface area contributed by atoms with Crippen LogP contribution in [0.5, 0.6) is 5.75 Å². The third kappa shape index (κ3) is 3.63. The van der Waals surface area contributed by atoms with Crippen molar-refractivity contribution in [1.82, 2.24) is 34.5 Å². The highest BCUT2D eigenvalue weighted by atomic mass is 16.6. The third-order valence-corrected chi connectivity index (χ3v) is 7.44. The van der Waals surface area contributed by atoms with Gasteiger partial charge in [0.05, 0.1) is 35.5 Å². The topological polar surface area (TPSA) is 139 Å². The van der Waals surface area contributed by atoms with E-state index in [1.807, 2.05) is 35.2 Å². The molecular weight excluding hydrogens is 502 g/mol. The number of ether oxygens (including phenoxy) is 2. The Bertz CT molecular complexity index is 1650. The molecule has 2 saturated heterocycles. The maximum atomic E-state index is 13.4. The number of methoxy groups -OCH3 is 1. The van der Waals surface area contributed by atoms with Crippen LogP contribution in [0.15, 0.2) is 61.1 Å². The second kappa shape index (κ2) is 8.88. The molecule has 2 atom stereocenters. The van der Waals surface area contributed by atoms with Crippen LogP contribution in [-0.2, 0) is 14.3 Å². The molecule has 1 N–H and O–H groups in total. The number of epoxide rings is 1. The van der Waals surface area contributed by atoms with E-state index in [0.29, 0.717) is 54.3 Å². The molecule has 2 unspecified atom stereocenters. The molecule has 12 nitrogen and oxygen atoms in total. The third-order valence-electron chi connectivity index (χ3n) is 7.44. The van der Waals surface area contributed by atoms with E-state index in [9.17, 15) is 14.4 Å². The molecule has 0 bridgehead atoms. The van der Waals surface area contributed by atoms with Crippen LogP contribution in [0.1, 0.15) is 15.9 Å². The maximum absolute atomic E-state index is 13.4. The lowest BCUT2D eigenvalue weighted by atomic mass is 10.0. The van der Waals surface area contributed by atoms with Crippen molar-refractivity contribution in [2.24, 2.45) is 0 Å². The standard InChI is InChI=1S/C27H23N7O5/c1-38-17-12-30-26(34-14-28-13-31-34)20-19(17)16(11-29-20)22(35)27(37)33-9-7-32(8-10-33)21-18(15-5-3-2-4-6-15)24-25(39-24)23(21)36/h2-6,11-14,24-25,29H,7-10H2,1H3. The fraction of sp³-hybridized carbons (Fsp3) is 0.259. The van der Waals surface area contributed by atoms with Crippen molar-refractivity contribution in [2.45, 2.75) is 12.2 Å². The molecule has 5 heterocycles. The summed E-state index contributed by atoms with van der Waals surface area (Å²) >= 11 is 0. The van der Waals surface area contributed by atoms with Crippen molar-refractivity contribution in [3.8, 4) is 11.6 Å². The number of carbonyl (C=O) groups excluding carboxylic acids is 3. The highest BCUT2D eigenvalue weighted by molar-refractivity contribution is 6.45. The monoisotopic (exact) mass is 525 g/mol. The van der Waals surface area contributed by atoms with Crippen LogP contribution in [0.25, 0.3) is 22.3 Å². The Morgan fingerprint density at radius 3 is 2.62 bits per heavy atom. The Labute approximate surface area is 221 Å². The van der Waals surface area contributed by atoms with E-state index in [-0.39, 0.29) is 17.5 Å². The Kier molecular flexibility index (Phi) is 5.30. The molecule has 3 aliphatic rings. The number of hydrogen-bond donors (Lipinski definition) is 1. The molecule has 4 aromatic rings. The zero-order valence-electron chi connectivity index (χ0n) is 20.9. The van der Waals surface area contributed by atoms with Crippen LogP contribution in [0.4, 0.5) is 0 Å². The molecule has 0 saturated carbocycles. The number of aromatic amines is 1. The van der Waals surface area contributed by atoms with Gasteiger partial charge in [0, 0.05) is 37.9 Å². The average Bonchev–Trinajstić information content (AvgIpc) is 3.29. The number of amides is 1. The van der Waals surface area contributed by atoms with E-state index >= 15 is 0 Å². The minimum Gasteiger partial charge on any atom is -0.494 e. The number of benzene rings is 1. The summed E-state index contributed by atoms with van der Waals surface area (Å²) in [5.74, 6) is -0.499. The van der Waals surface area contributed by atoms with Gasteiger partial charge in [-0.2, -0.15) is 5.10 Å². The van der Waals surface area contributed by atoms with Gasteiger partial charge in [0.15, 0.2) is 11.9 Å². The number of aromatic nitrogens is 5. The van der Waals surface area contributed by atoms with Crippen molar-refractivity contribution >= 4 is 33.9 Å². The summed E-state index contributed by atoms with van der Waals surface area (Å²) in [7, 11) is 1.48. The quantitative estimate of drug-likeness (QED) is 0.224. The Morgan fingerprint density at radius 2 is 1.90 bits per heavy atom. The molecule has 7 rings (SSSR count). The van der Waals surface area contributed by atoms with Gasteiger partial charge in [0.1, 0.15) is 24.5 Å². The average molecular weight is 526 g/mol. The minimum atomic E-state index is -0.653. The molecule has 2 fully saturated rings. The summed E-state index contributed by atoms with van der Waals surface area (Å²) in [6, 6.07) is 9.76. The highest BCUT2D eigenvalue weighted by Gasteiger charge is 2.57. The number of ketones is 2. The molecule has 2 aliphatic heterocycles. The van der Waals surface area contributed by atoms with E-state index in [1.54, 1.807) is 0 Å². The van der Waals surface area contributed by atoms with E-state index in [2.05, 4.69) is 20.1 Å². The van der Waals surface area contributed by atoms with Crippen LogP contribution in [0, 0.1) is 0 Å². The van der Waals surface area contributed by atoms with E-state index in [4.69, 9.17) is 9.47 Å². The second-order valence-corrected chi connectivity index (χ2v) is 9.52. The summed E-state index contributed by atoms with van der Waals surface area (Å²) in [5.41, 5.74) is 3.23. The van der Waals surface area contributed by atoms with Gasteiger partial charge >= 0.3 is 0 Å². The van der Waals surface area contributed by atoms with Crippen LogP contribution in [-0.4, -0.2) is 97.5 Å². The summed E-state index contributed by atoms with van der Waals surface area (Å²) < 4.78 is 12.5. The molecule has 12 heteroatoms. The number of fused-ring (bicyclic) bond motifs is 2. The van der Waals surface area contributed by atoms with E-state index in [0.717, 1.165) is 11.1 Å². The van der Waals surface area contributed by atoms with Crippen LogP contribution in [0.3, 0.4) is 0 Å². The van der Waals surface area contributed by atoms with Gasteiger partial charge in [0.2, 0.25) is 5.78 Å². The first-order valence-corrected chi connectivity index (χ1v) is 12.5. The second-order valence-electron chi connectivity index (χ2n) is 9.52. The number of piperazine rings is 1. The summed E-state index contributed by atoms with van der Waals surface area (Å²) in [4.78, 5) is 54.7. The lowest BCUT2D eigenvalue weighted by Crippen LogP contribution is -2.51. The molecule has 1 aromatic carbocycles. The number of H-pyrrole nitrogens is 1. The van der Waals surface area contributed by atoms with E-state index in [1.165, 1.54) is 41.7 Å². The number of rotatable bonds is 6. The summed E-state index contributed by atoms with van der Waals surface area (Å²) in [6.07, 6.45) is 5.23. The van der Waals surface area contributed by atoms with Gasteiger partial charge in [-0.05, 0) is 5.56 Å². The Hall–Kier alpha value is -4.84. The lowest BCUT2D eigenvalue weighted by Gasteiger charge is -2.36. The number of Topliss-reactive ketones (excluding diaryl/α,β-unsaturated/α-hetero) is 2. The maximum Gasteiger partial charge on any atom is 0.295 e. The number of nitrogens with zero attached hydrogens (tertiary/aromatic N) is 6. The van der Waals surface area contributed by atoms with Crippen molar-refractivity contribution < 1.29 is 23.9 Å². The number of carbonyl (C=O) groups is 3. The van der Waals surface area contributed by atoms with Crippen LogP contribution >= 0.6 is 0 Å². The van der Waals surface area contributed by atoms with Crippen LogP contribution < -0.4 is 4.74 Å². The molecule has 3 aromatic heterocycles. The van der Waals surface area contributed by atoms with Crippen molar-refractivity contribution in [2.75, 3.05) is 33.3 Å². The smallest absolute Gasteiger partial charge is 0.295 e. The normalized spacial score (nSPS) is 20.5. The van der Waals surface area contributed by atoms with Gasteiger partial charge in [-0.3, -0.25) is 14.4 Å². The van der Waals surface area contributed by atoms with Gasteiger partial charge in [0.25, 0.3) is 11.7 Å². The fourth-order valence-electron chi connectivity index (χ4n) is 5.50. The predicted molar refractivity (Wildman–Crippen MR) is 137 cm³/mol. The Balaban J connectivity index is 1.13. The SMILES string of the molecule is COc1cnc(-n2cncn2)c2[nH]cc(C(=O)C(=O)N3CCN(C4=C(c5ccccc5)C5OC5C4=O)CC3)c12. The van der Waals surface area contributed by atoms with Crippen molar-refractivity contribution in [1.29, 1.82) is 0 Å². The molecule has 39 heavy (non-hydrogen) atoms. The largest absolute Gasteiger partial charge is 0.494 e. The summed E-state index contributed by atoms with van der Waals surface area (Å²) in [5, 5.41) is 4.56. The zero-order valence-corrected chi connectivity index (χ0v) is 20.9. The van der Waals surface area contributed by atoms with Crippen molar-refractivity contribution in [3.05, 3.63) is 72.2 Å². The molecule has 1 amide bonds. The number of pyridine rings is 1. The first-order chi connectivity index (χ1) is 19.1. The van der Waals surface area contributed by atoms with Gasteiger partial charge in [-0.1, -0.05) is 30.3 Å². The highest BCUT2D eigenvalue weighted by Crippen LogP contribution is 2.46. The molecule has 1 aliphatic carbocycles. The molecule has 0 radical (unpaired) electrons. The minimum absolute atomic E-state index is 0.0163. The van der Waals surface area contributed by atoms with Gasteiger partial charge in [-0.25, -0.2) is 14.6 Å². The number of hydrogen-bond acceptors (Lipinski definition) is 9. The van der Waals surface area contributed by atoms with Gasteiger partial charge < -0.3 is 24.3 Å². The first-order valence-electron chi connectivity index (χ1n) is 12.5. The van der Waals surface area contributed by atoms with Crippen molar-refractivity contribution in [3.63, 3.8) is 0 Å². The van der Waals surface area contributed by atoms with Crippen LogP contribution in [0.2, 0.25) is 0 Å². The lowest BCUT2D eigenvalue weighted by molar-refractivity contribution is -0.128. The summed E-state index contributed by atoms with van der Waals surface area (Å²) in [6.45, 7) is 1.50.